The fourth-order valence-corrected chi connectivity index (χ4v) is 2.31. The average Bonchev–Trinajstić information content (AvgIpc) is 2.94. The Balaban J connectivity index is 2.17. The number of hydrogen-bond donors (Lipinski definition) is 1. The maximum absolute atomic E-state index is 13.8. The first-order valence-electron chi connectivity index (χ1n) is 5.51. The first-order valence-corrected chi connectivity index (χ1v) is 6.26. The molecule has 0 saturated carbocycles. The van der Waals surface area contributed by atoms with Gasteiger partial charge in [0.2, 0.25) is 0 Å². The number of nitrogens with one attached hydrogen (secondary N) is 1. The van der Waals surface area contributed by atoms with Gasteiger partial charge in [0.15, 0.2) is 5.82 Å². The number of benzene rings is 1. The lowest BCUT2D eigenvalue weighted by Gasteiger charge is -2.08. The summed E-state index contributed by atoms with van der Waals surface area (Å²) in [5.74, 6) is -0.233. The van der Waals surface area contributed by atoms with Gasteiger partial charge in [0.1, 0.15) is 21.8 Å². The molecule has 0 atom stereocenters. The highest BCUT2D eigenvalue weighted by molar-refractivity contribution is 6.37. The van der Waals surface area contributed by atoms with E-state index in [1.165, 1.54) is 12.3 Å². The van der Waals surface area contributed by atoms with Crippen LogP contribution in [-0.4, -0.2) is 25.4 Å². The van der Waals surface area contributed by atoms with E-state index in [9.17, 15) is 4.39 Å². The number of H-pyrrole nitrogens is 1. The van der Waals surface area contributed by atoms with Crippen LogP contribution < -0.4 is 0 Å². The summed E-state index contributed by atoms with van der Waals surface area (Å²) in [6.45, 7) is 0. The highest BCUT2D eigenvalue weighted by Crippen LogP contribution is 2.35. The van der Waals surface area contributed by atoms with Crippen LogP contribution in [0.25, 0.3) is 22.6 Å². The second-order valence-electron chi connectivity index (χ2n) is 3.84. The van der Waals surface area contributed by atoms with Crippen molar-refractivity contribution in [1.29, 1.82) is 0 Å². The molecule has 8 heteroatoms. The summed E-state index contributed by atoms with van der Waals surface area (Å²) in [6.07, 6.45) is 1.44. The summed E-state index contributed by atoms with van der Waals surface area (Å²) in [7, 11) is 0. The summed E-state index contributed by atoms with van der Waals surface area (Å²) in [5.41, 5.74) is 0.891. The topological polar surface area (TPSA) is 67.3 Å². The highest BCUT2D eigenvalue weighted by Gasteiger charge is 2.18. The molecule has 0 saturated heterocycles. The average molecular weight is 310 g/mol. The first kappa shape index (κ1) is 13.0. The number of aromatic nitrogens is 5. The second-order valence-corrected chi connectivity index (χ2v) is 4.55. The van der Waals surface area contributed by atoms with Crippen LogP contribution in [0.2, 0.25) is 10.3 Å². The van der Waals surface area contributed by atoms with E-state index in [-0.39, 0.29) is 27.3 Å². The van der Waals surface area contributed by atoms with Gasteiger partial charge in [0.05, 0.1) is 11.8 Å². The van der Waals surface area contributed by atoms with Crippen LogP contribution in [0, 0.1) is 5.82 Å². The summed E-state index contributed by atoms with van der Waals surface area (Å²) < 4.78 is 13.8. The minimum atomic E-state index is -0.450. The van der Waals surface area contributed by atoms with E-state index in [0.717, 1.165) is 0 Å². The van der Waals surface area contributed by atoms with E-state index in [1.54, 1.807) is 18.2 Å². The largest absolute Gasteiger partial charge is 0.214 e. The Morgan fingerprint density at radius 1 is 1.05 bits per heavy atom. The van der Waals surface area contributed by atoms with Crippen LogP contribution in [0.4, 0.5) is 4.39 Å². The zero-order valence-electron chi connectivity index (χ0n) is 9.81. The lowest BCUT2D eigenvalue weighted by atomic mass is 10.1. The molecule has 2 heterocycles. The molecule has 5 nitrogen and oxygen atoms in total. The molecule has 1 N–H and O–H groups in total. The maximum atomic E-state index is 13.8. The Bertz CT molecular complexity index is 737. The van der Waals surface area contributed by atoms with E-state index in [2.05, 4.69) is 25.4 Å². The molecule has 20 heavy (non-hydrogen) atoms. The Morgan fingerprint density at radius 3 is 2.35 bits per heavy atom. The van der Waals surface area contributed by atoms with Crippen molar-refractivity contribution in [2.45, 2.75) is 0 Å². The summed E-state index contributed by atoms with van der Waals surface area (Å²) >= 11 is 12.2. The molecule has 0 bridgehead atoms. The normalized spacial score (nSPS) is 10.8. The molecule has 3 aromatic rings. The SMILES string of the molecule is Fc1ccccc1-c1c(Cl)nc(-c2cn[nH]n2)nc1Cl. The van der Waals surface area contributed by atoms with Gasteiger partial charge in [0, 0.05) is 5.56 Å². The predicted molar refractivity (Wildman–Crippen MR) is 72.8 cm³/mol. The van der Waals surface area contributed by atoms with Crippen molar-refractivity contribution in [2.75, 3.05) is 0 Å². The quantitative estimate of drug-likeness (QED) is 0.737. The van der Waals surface area contributed by atoms with Gasteiger partial charge in [-0.3, -0.25) is 0 Å². The Morgan fingerprint density at radius 2 is 1.75 bits per heavy atom. The van der Waals surface area contributed by atoms with Crippen molar-refractivity contribution >= 4 is 23.2 Å². The van der Waals surface area contributed by atoms with Crippen LogP contribution in [0.3, 0.4) is 0 Å². The molecule has 2 aromatic heterocycles. The zero-order chi connectivity index (χ0) is 14.1. The number of rotatable bonds is 2. The molecule has 0 aliphatic heterocycles. The Hall–Kier alpha value is -2.05. The highest BCUT2D eigenvalue weighted by atomic mass is 35.5. The zero-order valence-corrected chi connectivity index (χ0v) is 11.3. The molecule has 0 spiro atoms. The third-order valence-electron chi connectivity index (χ3n) is 2.61. The van der Waals surface area contributed by atoms with E-state index in [1.807, 2.05) is 0 Å². The fourth-order valence-electron chi connectivity index (χ4n) is 1.72. The fraction of sp³-hybridized carbons (Fsp3) is 0. The van der Waals surface area contributed by atoms with Crippen LogP contribution in [0.15, 0.2) is 30.5 Å². The molecule has 1 aromatic carbocycles. The van der Waals surface area contributed by atoms with E-state index < -0.39 is 5.82 Å². The molecular weight excluding hydrogens is 304 g/mol. The number of aromatic amines is 1. The van der Waals surface area contributed by atoms with Crippen LogP contribution >= 0.6 is 23.2 Å². The lowest BCUT2D eigenvalue weighted by Crippen LogP contribution is -1.96. The van der Waals surface area contributed by atoms with E-state index in [4.69, 9.17) is 23.2 Å². The van der Waals surface area contributed by atoms with Crippen molar-refractivity contribution in [3.8, 4) is 22.6 Å². The minimum Gasteiger partial charge on any atom is -0.214 e. The molecule has 100 valence electrons. The Labute approximate surface area is 122 Å². The van der Waals surface area contributed by atoms with Crippen molar-refractivity contribution in [2.24, 2.45) is 0 Å². The van der Waals surface area contributed by atoms with Crippen LogP contribution in [-0.2, 0) is 0 Å². The number of hydrogen-bond acceptors (Lipinski definition) is 4. The Kier molecular flexibility index (Phi) is 3.33. The van der Waals surface area contributed by atoms with E-state index >= 15 is 0 Å². The van der Waals surface area contributed by atoms with Gasteiger partial charge in [-0.25, -0.2) is 14.4 Å². The van der Waals surface area contributed by atoms with Crippen molar-refractivity contribution in [3.63, 3.8) is 0 Å². The van der Waals surface area contributed by atoms with Crippen LogP contribution in [0.5, 0.6) is 0 Å². The standard InChI is InChI=1S/C12H6Cl2FN5/c13-10-9(6-3-1-2-4-7(6)15)11(14)18-12(17-10)8-5-16-20-19-8/h1-5H,(H,16,19,20). The molecular formula is C12H6Cl2FN5. The summed E-state index contributed by atoms with van der Waals surface area (Å²) in [5, 5.41) is 10.0. The molecule has 0 radical (unpaired) electrons. The molecule has 0 aliphatic rings. The molecule has 0 unspecified atom stereocenters. The summed E-state index contributed by atoms with van der Waals surface area (Å²) in [4.78, 5) is 8.15. The third-order valence-corrected chi connectivity index (χ3v) is 3.16. The number of halogens is 3. The maximum Gasteiger partial charge on any atom is 0.184 e. The van der Waals surface area contributed by atoms with Gasteiger partial charge >= 0.3 is 0 Å². The first-order chi connectivity index (χ1) is 9.66. The smallest absolute Gasteiger partial charge is 0.184 e. The second kappa shape index (κ2) is 5.15. The minimum absolute atomic E-state index is 0.0492. The molecule has 0 amide bonds. The van der Waals surface area contributed by atoms with Crippen LogP contribution in [0.1, 0.15) is 0 Å². The third kappa shape index (κ3) is 2.23. The molecule has 0 aliphatic carbocycles. The van der Waals surface area contributed by atoms with Gasteiger partial charge < -0.3 is 0 Å². The monoisotopic (exact) mass is 309 g/mol. The van der Waals surface area contributed by atoms with Gasteiger partial charge in [-0.05, 0) is 6.07 Å². The predicted octanol–water partition coefficient (Wildman–Crippen LogP) is 3.37. The lowest BCUT2D eigenvalue weighted by molar-refractivity contribution is 0.631. The van der Waals surface area contributed by atoms with Gasteiger partial charge in [0.25, 0.3) is 0 Å². The number of nitrogens with zero attached hydrogens (tertiary/aromatic N) is 4. The molecule has 0 fully saturated rings. The van der Waals surface area contributed by atoms with Gasteiger partial charge in [-0.1, -0.05) is 41.4 Å². The van der Waals surface area contributed by atoms with Crippen molar-refractivity contribution < 1.29 is 4.39 Å². The van der Waals surface area contributed by atoms with Gasteiger partial charge in [-0.2, -0.15) is 15.4 Å². The molecule has 3 rings (SSSR count). The van der Waals surface area contributed by atoms with Gasteiger partial charge in [-0.15, -0.1) is 0 Å². The summed E-state index contributed by atoms with van der Waals surface area (Å²) in [6, 6.07) is 6.12. The van der Waals surface area contributed by atoms with Crippen molar-refractivity contribution in [1.82, 2.24) is 25.4 Å². The van der Waals surface area contributed by atoms with E-state index in [0.29, 0.717) is 5.69 Å². The van der Waals surface area contributed by atoms with Crippen molar-refractivity contribution in [3.05, 3.63) is 46.6 Å².